The van der Waals surface area contributed by atoms with E-state index in [0.717, 1.165) is 0 Å². The normalized spacial score (nSPS) is 19.6. The highest BCUT2D eigenvalue weighted by Crippen LogP contribution is 2.31. The van der Waals surface area contributed by atoms with E-state index in [0.29, 0.717) is 17.5 Å². The molecule has 2 amide bonds. The van der Waals surface area contributed by atoms with Crippen molar-refractivity contribution in [3.63, 3.8) is 0 Å². The van der Waals surface area contributed by atoms with E-state index in [-0.39, 0.29) is 52.3 Å². The molecule has 1 heterocycles. The summed E-state index contributed by atoms with van der Waals surface area (Å²) in [4.78, 5) is 37.9. The fourth-order valence-corrected chi connectivity index (χ4v) is 5.55. The second-order valence-corrected chi connectivity index (χ2v) is 9.26. The molecule has 0 saturated carbocycles. The van der Waals surface area contributed by atoms with Gasteiger partial charge in [0.1, 0.15) is 0 Å². The number of urea groups is 1. The first-order chi connectivity index (χ1) is 13.4. The van der Waals surface area contributed by atoms with Gasteiger partial charge in [0.05, 0.1) is 22.8 Å². The zero-order valence-electron chi connectivity index (χ0n) is 14.9. The van der Waals surface area contributed by atoms with E-state index in [1.807, 2.05) is 0 Å². The van der Waals surface area contributed by atoms with Crippen molar-refractivity contribution in [1.29, 1.82) is 0 Å². The number of nitrogens with one attached hydrogen (secondary N) is 2. The van der Waals surface area contributed by atoms with Gasteiger partial charge in [0.25, 0.3) is 0 Å². The number of anilines is 1. The average molecular weight is 398 g/mol. The fraction of sp³-hybridized carbons (Fsp3) is 0.250. The largest absolute Gasteiger partial charge is 0.338 e. The summed E-state index contributed by atoms with van der Waals surface area (Å²) in [6.07, 6.45) is 0.521. The first-order valence-electron chi connectivity index (χ1n) is 8.92. The molecule has 0 aromatic heterocycles. The molecular formula is C20H18N2O5S. The van der Waals surface area contributed by atoms with E-state index in [4.69, 9.17) is 0 Å². The summed E-state index contributed by atoms with van der Waals surface area (Å²) < 4.78 is 23.0. The van der Waals surface area contributed by atoms with Crippen LogP contribution in [-0.2, 0) is 9.84 Å². The maximum Gasteiger partial charge on any atom is 0.319 e. The maximum atomic E-state index is 12.9. The van der Waals surface area contributed by atoms with Crippen molar-refractivity contribution in [2.45, 2.75) is 6.42 Å². The molecular weight excluding hydrogens is 380 g/mol. The summed E-state index contributed by atoms with van der Waals surface area (Å²) in [6.45, 7) is 0.232. The highest BCUT2D eigenvalue weighted by Gasteiger charge is 2.32. The van der Waals surface area contributed by atoms with Crippen LogP contribution in [0, 0.1) is 5.92 Å². The number of sulfone groups is 1. The van der Waals surface area contributed by atoms with Gasteiger partial charge >= 0.3 is 6.03 Å². The van der Waals surface area contributed by atoms with E-state index in [2.05, 4.69) is 10.6 Å². The van der Waals surface area contributed by atoms with Crippen molar-refractivity contribution in [2.75, 3.05) is 23.4 Å². The first kappa shape index (κ1) is 18.4. The van der Waals surface area contributed by atoms with Gasteiger partial charge < -0.3 is 10.6 Å². The van der Waals surface area contributed by atoms with Crippen molar-refractivity contribution in [3.05, 3.63) is 64.7 Å². The van der Waals surface area contributed by atoms with Gasteiger partial charge in [-0.05, 0) is 18.4 Å². The zero-order valence-corrected chi connectivity index (χ0v) is 15.7. The second-order valence-electron chi connectivity index (χ2n) is 7.04. The SMILES string of the molecule is O=C(NCC1CCS(=O)(=O)C1)Nc1cccc2c1C(=O)c1ccccc1C2=O. The van der Waals surface area contributed by atoms with Crippen molar-refractivity contribution in [3.8, 4) is 0 Å². The number of hydrogen-bond donors (Lipinski definition) is 2. The Morgan fingerprint density at radius 2 is 1.64 bits per heavy atom. The third-order valence-corrected chi connectivity index (χ3v) is 6.92. The Morgan fingerprint density at radius 1 is 0.964 bits per heavy atom. The summed E-state index contributed by atoms with van der Waals surface area (Å²) in [7, 11) is -3.01. The zero-order chi connectivity index (χ0) is 19.9. The lowest BCUT2D eigenvalue weighted by molar-refractivity contribution is 0.0979. The Hall–Kier alpha value is -3.00. The summed E-state index contributed by atoms with van der Waals surface area (Å²) in [5.74, 6) is -0.482. The predicted octanol–water partition coefficient (Wildman–Crippen LogP) is 2.02. The quantitative estimate of drug-likeness (QED) is 0.701. The number of fused-ring (bicyclic) bond motifs is 2. The lowest BCUT2D eigenvalue weighted by atomic mass is 9.83. The summed E-state index contributed by atoms with van der Waals surface area (Å²) >= 11 is 0. The van der Waals surface area contributed by atoms with E-state index >= 15 is 0 Å². The molecule has 28 heavy (non-hydrogen) atoms. The van der Waals surface area contributed by atoms with Crippen LogP contribution in [0.15, 0.2) is 42.5 Å². The summed E-state index contributed by atoms with van der Waals surface area (Å²) in [6, 6.07) is 10.8. The van der Waals surface area contributed by atoms with Crippen molar-refractivity contribution in [2.24, 2.45) is 5.92 Å². The molecule has 1 aliphatic heterocycles. The minimum Gasteiger partial charge on any atom is -0.338 e. The number of hydrogen-bond acceptors (Lipinski definition) is 5. The number of carbonyl (C=O) groups excluding carboxylic acids is 3. The van der Waals surface area contributed by atoms with Crippen molar-refractivity contribution < 1.29 is 22.8 Å². The minimum absolute atomic E-state index is 0.0672. The minimum atomic E-state index is -3.01. The molecule has 7 nitrogen and oxygen atoms in total. The van der Waals surface area contributed by atoms with E-state index < -0.39 is 15.9 Å². The van der Waals surface area contributed by atoms with Gasteiger partial charge in [-0.3, -0.25) is 9.59 Å². The van der Waals surface area contributed by atoms with Crippen LogP contribution in [0.5, 0.6) is 0 Å². The van der Waals surface area contributed by atoms with E-state index in [1.54, 1.807) is 42.5 Å². The van der Waals surface area contributed by atoms with E-state index in [9.17, 15) is 22.8 Å². The Morgan fingerprint density at radius 3 is 2.32 bits per heavy atom. The number of ketones is 2. The van der Waals surface area contributed by atoms with Crippen LogP contribution >= 0.6 is 0 Å². The smallest absolute Gasteiger partial charge is 0.319 e. The van der Waals surface area contributed by atoms with Crippen LogP contribution < -0.4 is 10.6 Å². The third-order valence-electron chi connectivity index (χ3n) is 5.08. The molecule has 144 valence electrons. The van der Waals surface area contributed by atoms with Crippen molar-refractivity contribution >= 4 is 33.1 Å². The van der Waals surface area contributed by atoms with Gasteiger partial charge in [0, 0.05) is 23.2 Å². The molecule has 2 aliphatic rings. The van der Waals surface area contributed by atoms with Crippen LogP contribution in [-0.4, -0.2) is 44.1 Å². The molecule has 0 spiro atoms. The van der Waals surface area contributed by atoms with Crippen LogP contribution in [0.4, 0.5) is 10.5 Å². The Kier molecular flexibility index (Phi) is 4.50. The molecule has 1 aliphatic carbocycles. The van der Waals surface area contributed by atoms with Crippen LogP contribution in [0.25, 0.3) is 0 Å². The standard InChI is InChI=1S/C20H18N2O5S/c23-18-13-4-1-2-5-14(13)19(24)17-15(18)6-3-7-16(17)22-20(25)21-10-12-8-9-28(26,27)11-12/h1-7,12H,8-11H2,(H2,21,22,25). The summed E-state index contributed by atoms with van der Waals surface area (Å²) in [5.41, 5.74) is 1.34. The van der Waals surface area contributed by atoms with Gasteiger partial charge in [-0.1, -0.05) is 36.4 Å². The van der Waals surface area contributed by atoms with Gasteiger partial charge in [-0.2, -0.15) is 0 Å². The molecule has 4 rings (SSSR count). The number of carbonyl (C=O) groups is 3. The topological polar surface area (TPSA) is 109 Å². The second kappa shape index (κ2) is 6.87. The van der Waals surface area contributed by atoms with Crippen LogP contribution in [0.3, 0.4) is 0 Å². The third kappa shape index (κ3) is 3.31. The molecule has 0 radical (unpaired) electrons. The molecule has 1 unspecified atom stereocenters. The Balaban J connectivity index is 1.53. The maximum absolute atomic E-state index is 12.9. The molecule has 2 N–H and O–H groups in total. The number of amides is 2. The highest BCUT2D eigenvalue weighted by atomic mass is 32.2. The Bertz CT molecular complexity index is 1110. The number of benzene rings is 2. The first-order valence-corrected chi connectivity index (χ1v) is 10.7. The average Bonchev–Trinajstić information content (AvgIpc) is 3.03. The number of rotatable bonds is 3. The van der Waals surface area contributed by atoms with Gasteiger partial charge in [0.2, 0.25) is 0 Å². The molecule has 0 bridgehead atoms. The van der Waals surface area contributed by atoms with Gasteiger partial charge in [-0.25, -0.2) is 13.2 Å². The molecule has 2 aromatic carbocycles. The lowest BCUT2D eigenvalue weighted by Crippen LogP contribution is -2.34. The van der Waals surface area contributed by atoms with Gasteiger partial charge in [-0.15, -0.1) is 0 Å². The highest BCUT2D eigenvalue weighted by molar-refractivity contribution is 7.91. The molecule has 8 heteroatoms. The van der Waals surface area contributed by atoms with E-state index in [1.165, 1.54) is 0 Å². The predicted molar refractivity (Wildman–Crippen MR) is 104 cm³/mol. The Labute approximate surface area is 162 Å². The molecule has 1 fully saturated rings. The fourth-order valence-electron chi connectivity index (χ4n) is 3.69. The van der Waals surface area contributed by atoms with Crippen LogP contribution in [0.2, 0.25) is 0 Å². The summed E-state index contributed by atoms with van der Waals surface area (Å²) in [5, 5.41) is 5.28. The molecule has 1 atom stereocenters. The van der Waals surface area contributed by atoms with Gasteiger partial charge in [0.15, 0.2) is 21.4 Å². The monoisotopic (exact) mass is 398 g/mol. The molecule has 1 saturated heterocycles. The lowest BCUT2D eigenvalue weighted by Gasteiger charge is -2.20. The molecule has 2 aromatic rings. The van der Waals surface area contributed by atoms with Crippen LogP contribution in [0.1, 0.15) is 38.3 Å². The van der Waals surface area contributed by atoms with Crippen molar-refractivity contribution in [1.82, 2.24) is 5.32 Å².